The fourth-order valence-corrected chi connectivity index (χ4v) is 3.30. The molecule has 0 aliphatic carbocycles. The molecule has 0 spiro atoms. The molecule has 9 nitrogen and oxygen atoms in total. The maximum absolute atomic E-state index is 6.04. The number of nitrogens with two attached hydrogens (primary N) is 2. The highest BCUT2D eigenvalue weighted by Gasteiger charge is 2.21. The van der Waals surface area contributed by atoms with Crippen LogP contribution in [0.25, 0.3) is 5.69 Å². The third-order valence-electron chi connectivity index (χ3n) is 3.94. The second-order valence-corrected chi connectivity index (χ2v) is 7.43. The van der Waals surface area contributed by atoms with Crippen LogP contribution in [0.3, 0.4) is 0 Å². The number of aromatic nitrogens is 6. The molecule has 11 heteroatoms. The maximum Gasteiger partial charge on any atom is 0.225 e. The first-order valence-electron chi connectivity index (χ1n) is 8.11. The van der Waals surface area contributed by atoms with Gasteiger partial charge in [0.1, 0.15) is 5.82 Å². The minimum absolute atomic E-state index is 0.0611. The summed E-state index contributed by atoms with van der Waals surface area (Å²) in [6.07, 6.45) is 0. The molecule has 0 bridgehead atoms. The largest absolute Gasteiger partial charge is 0.368 e. The number of benzene rings is 1. The van der Waals surface area contributed by atoms with E-state index in [1.165, 1.54) is 11.8 Å². The molecule has 1 atom stereocenters. The van der Waals surface area contributed by atoms with Crippen molar-refractivity contribution >= 4 is 35.3 Å². The van der Waals surface area contributed by atoms with Crippen LogP contribution in [0.15, 0.2) is 29.4 Å². The van der Waals surface area contributed by atoms with E-state index in [0.717, 1.165) is 11.5 Å². The van der Waals surface area contributed by atoms with Gasteiger partial charge in [-0.05, 0) is 45.3 Å². The van der Waals surface area contributed by atoms with Crippen LogP contribution >= 0.6 is 23.4 Å². The summed E-state index contributed by atoms with van der Waals surface area (Å²) in [6, 6.07) is 7.60. The first-order valence-corrected chi connectivity index (χ1v) is 9.48. The van der Waals surface area contributed by atoms with Crippen LogP contribution in [0, 0.1) is 0 Å². The van der Waals surface area contributed by atoms with E-state index in [9.17, 15) is 0 Å². The molecule has 0 saturated carbocycles. The molecule has 0 amide bonds. The van der Waals surface area contributed by atoms with Gasteiger partial charge >= 0.3 is 0 Å². The van der Waals surface area contributed by atoms with Gasteiger partial charge in [-0.2, -0.15) is 15.0 Å². The summed E-state index contributed by atoms with van der Waals surface area (Å²) in [5.74, 6) is 1.93. The van der Waals surface area contributed by atoms with E-state index in [2.05, 4.69) is 37.0 Å². The third-order valence-corrected chi connectivity index (χ3v) is 5.12. The smallest absolute Gasteiger partial charge is 0.225 e. The summed E-state index contributed by atoms with van der Waals surface area (Å²) in [5.41, 5.74) is 12.2. The fraction of sp³-hybridized carbons (Fsp3) is 0.312. The number of halogens is 1. The molecule has 1 unspecified atom stereocenters. The average molecular weight is 406 g/mol. The van der Waals surface area contributed by atoms with E-state index in [1.54, 1.807) is 0 Å². The summed E-state index contributed by atoms with van der Waals surface area (Å²) in [7, 11) is 3.99. The van der Waals surface area contributed by atoms with Crippen molar-refractivity contribution in [3.8, 4) is 5.69 Å². The zero-order valence-corrected chi connectivity index (χ0v) is 16.7. The van der Waals surface area contributed by atoms with Crippen molar-refractivity contribution in [2.24, 2.45) is 0 Å². The van der Waals surface area contributed by atoms with E-state index >= 15 is 0 Å². The summed E-state index contributed by atoms with van der Waals surface area (Å²) in [4.78, 5) is 14.1. The van der Waals surface area contributed by atoms with Crippen LogP contribution in [0.2, 0.25) is 5.02 Å². The summed E-state index contributed by atoms with van der Waals surface area (Å²) in [5, 5.41) is 10.1. The maximum atomic E-state index is 6.04. The van der Waals surface area contributed by atoms with Gasteiger partial charge in [-0.1, -0.05) is 23.4 Å². The van der Waals surface area contributed by atoms with Crippen LogP contribution in [0.4, 0.5) is 11.9 Å². The Labute approximate surface area is 166 Å². The Kier molecular flexibility index (Phi) is 5.78. The number of anilines is 2. The van der Waals surface area contributed by atoms with Crippen LogP contribution < -0.4 is 11.5 Å². The molecule has 4 N–H and O–H groups in total. The summed E-state index contributed by atoms with van der Waals surface area (Å²) in [6.45, 7) is 2.07. The zero-order chi connectivity index (χ0) is 19.6. The Morgan fingerprint density at radius 1 is 1.07 bits per heavy atom. The summed E-state index contributed by atoms with van der Waals surface area (Å²) < 4.78 is 2.00. The predicted octanol–water partition coefficient (Wildman–Crippen LogP) is 2.18. The Hall–Kier alpha value is -2.43. The quantitative estimate of drug-likeness (QED) is 0.593. The van der Waals surface area contributed by atoms with Gasteiger partial charge in [-0.15, -0.1) is 10.2 Å². The normalized spacial score (nSPS) is 12.5. The number of hydrogen-bond donors (Lipinski definition) is 2. The first kappa shape index (κ1) is 19.3. The Morgan fingerprint density at radius 2 is 1.70 bits per heavy atom. The minimum atomic E-state index is 0.0611. The molecule has 0 aliphatic rings. The Bertz CT molecular complexity index is 906. The topological polar surface area (TPSA) is 125 Å². The lowest BCUT2D eigenvalue weighted by Gasteiger charge is -2.20. The van der Waals surface area contributed by atoms with E-state index in [4.69, 9.17) is 23.1 Å². The second-order valence-electron chi connectivity index (χ2n) is 6.05. The Morgan fingerprint density at radius 3 is 2.30 bits per heavy atom. The molecular weight excluding hydrogens is 386 g/mol. The van der Waals surface area contributed by atoms with Gasteiger partial charge in [0.15, 0.2) is 11.0 Å². The van der Waals surface area contributed by atoms with Crippen molar-refractivity contribution in [1.82, 2.24) is 34.6 Å². The van der Waals surface area contributed by atoms with Crippen molar-refractivity contribution in [1.29, 1.82) is 0 Å². The lowest BCUT2D eigenvalue weighted by Crippen LogP contribution is -2.20. The van der Waals surface area contributed by atoms with Crippen LogP contribution in [0.1, 0.15) is 24.6 Å². The van der Waals surface area contributed by atoms with E-state index in [0.29, 0.717) is 21.8 Å². The molecule has 2 aromatic heterocycles. The predicted molar refractivity (Wildman–Crippen MR) is 107 cm³/mol. The highest BCUT2D eigenvalue weighted by molar-refractivity contribution is 7.98. The van der Waals surface area contributed by atoms with Gasteiger partial charge in [0.25, 0.3) is 0 Å². The number of nitrogen functional groups attached to an aromatic ring is 2. The molecule has 2 heterocycles. The van der Waals surface area contributed by atoms with Crippen molar-refractivity contribution in [2.45, 2.75) is 23.9 Å². The third kappa shape index (κ3) is 4.46. The molecule has 142 valence electrons. The van der Waals surface area contributed by atoms with E-state index in [1.807, 2.05) is 42.9 Å². The van der Waals surface area contributed by atoms with Crippen molar-refractivity contribution in [3.63, 3.8) is 0 Å². The number of nitrogens with zero attached hydrogens (tertiary/aromatic N) is 7. The number of thioether (sulfide) groups is 1. The average Bonchev–Trinajstić information content (AvgIpc) is 3.03. The van der Waals surface area contributed by atoms with E-state index in [-0.39, 0.29) is 17.9 Å². The van der Waals surface area contributed by atoms with Gasteiger partial charge in [0, 0.05) is 10.7 Å². The first-order chi connectivity index (χ1) is 12.8. The Balaban J connectivity index is 1.95. The SMILES string of the molecule is CC(c1nnc(SCc2nc(N)nc(N)n2)n1-c1ccc(Cl)cc1)N(C)C. The zero-order valence-electron chi connectivity index (χ0n) is 15.2. The molecule has 0 radical (unpaired) electrons. The van der Waals surface area contributed by atoms with Gasteiger partial charge < -0.3 is 11.5 Å². The lowest BCUT2D eigenvalue weighted by molar-refractivity contribution is 0.305. The highest BCUT2D eigenvalue weighted by atomic mass is 35.5. The van der Waals surface area contributed by atoms with E-state index < -0.39 is 0 Å². The molecule has 3 aromatic rings. The summed E-state index contributed by atoms with van der Waals surface area (Å²) >= 11 is 7.48. The van der Waals surface area contributed by atoms with Crippen molar-refractivity contribution < 1.29 is 0 Å². The van der Waals surface area contributed by atoms with Gasteiger partial charge in [0.2, 0.25) is 11.9 Å². The fourth-order valence-electron chi connectivity index (χ4n) is 2.36. The lowest BCUT2D eigenvalue weighted by atomic mass is 10.2. The number of rotatable bonds is 6. The molecule has 27 heavy (non-hydrogen) atoms. The molecule has 0 fully saturated rings. The van der Waals surface area contributed by atoms with Crippen LogP contribution in [-0.2, 0) is 5.75 Å². The molecular formula is C16H20ClN9S. The van der Waals surface area contributed by atoms with Crippen molar-refractivity contribution in [3.05, 3.63) is 40.9 Å². The molecule has 0 aliphatic heterocycles. The van der Waals surface area contributed by atoms with Gasteiger partial charge in [-0.3, -0.25) is 9.47 Å². The van der Waals surface area contributed by atoms with Crippen LogP contribution in [0.5, 0.6) is 0 Å². The molecule has 1 aromatic carbocycles. The molecule has 3 rings (SSSR count). The monoisotopic (exact) mass is 405 g/mol. The minimum Gasteiger partial charge on any atom is -0.368 e. The highest BCUT2D eigenvalue weighted by Crippen LogP contribution is 2.28. The second kappa shape index (κ2) is 8.07. The van der Waals surface area contributed by atoms with Gasteiger partial charge in [0.05, 0.1) is 11.8 Å². The standard InChI is InChI=1S/C16H20ClN9S/c1-9(25(2)3)13-23-24-16(26(13)11-6-4-10(17)5-7-11)27-8-12-20-14(18)22-15(19)21-12/h4-7,9H,8H2,1-3H3,(H4,18,19,20,21,22). The van der Waals surface area contributed by atoms with Gasteiger partial charge in [-0.25, -0.2) is 0 Å². The van der Waals surface area contributed by atoms with Crippen molar-refractivity contribution in [2.75, 3.05) is 25.6 Å². The number of hydrogen-bond acceptors (Lipinski definition) is 9. The molecule has 0 saturated heterocycles. The van der Waals surface area contributed by atoms with Crippen LogP contribution in [-0.4, -0.2) is 48.7 Å².